The van der Waals surface area contributed by atoms with Gasteiger partial charge in [0.1, 0.15) is 11.3 Å². The molecular formula is C22H18BrN3O3. The van der Waals surface area contributed by atoms with Crippen molar-refractivity contribution in [3.05, 3.63) is 71.0 Å². The first kappa shape index (κ1) is 19.1. The van der Waals surface area contributed by atoms with Crippen LogP contribution in [-0.4, -0.2) is 22.0 Å². The van der Waals surface area contributed by atoms with Crippen LogP contribution in [0.25, 0.3) is 22.6 Å². The van der Waals surface area contributed by atoms with E-state index < -0.39 is 0 Å². The van der Waals surface area contributed by atoms with Crippen molar-refractivity contribution in [1.29, 1.82) is 0 Å². The second-order valence-electron chi connectivity index (χ2n) is 6.74. The Morgan fingerprint density at radius 1 is 1.14 bits per heavy atom. The summed E-state index contributed by atoms with van der Waals surface area (Å²) in [6.45, 7) is 3.89. The molecule has 29 heavy (non-hydrogen) atoms. The average Bonchev–Trinajstić information content (AvgIpc) is 3.11. The van der Waals surface area contributed by atoms with Crippen LogP contribution in [0.5, 0.6) is 5.75 Å². The van der Waals surface area contributed by atoms with Crippen molar-refractivity contribution in [2.45, 2.75) is 20.0 Å². The SMILES string of the molecule is CC(C)Oc1cccc(C(=O)Nc2ccc3oc(-c4cncc(Br)c4)nc3c2)c1. The van der Waals surface area contributed by atoms with Gasteiger partial charge in [0.2, 0.25) is 5.89 Å². The molecule has 0 radical (unpaired) electrons. The third-order valence-corrected chi connectivity index (χ3v) is 4.50. The molecule has 0 spiro atoms. The summed E-state index contributed by atoms with van der Waals surface area (Å²) in [5, 5.41) is 2.89. The monoisotopic (exact) mass is 451 g/mol. The molecule has 1 amide bonds. The van der Waals surface area contributed by atoms with Gasteiger partial charge in [-0.1, -0.05) is 6.07 Å². The number of ether oxygens (including phenoxy) is 1. The van der Waals surface area contributed by atoms with E-state index in [9.17, 15) is 4.79 Å². The van der Waals surface area contributed by atoms with Gasteiger partial charge in [0.15, 0.2) is 5.58 Å². The Labute approximate surface area is 176 Å². The molecule has 0 aliphatic carbocycles. The van der Waals surface area contributed by atoms with E-state index in [-0.39, 0.29) is 12.0 Å². The van der Waals surface area contributed by atoms with Crippen molar-refractivity contribution >= 4 is 38.6 Å². The van der Waals surface area contributed by atoms with E-state index in [0.29, 0.717) is 34.0 Å². The molecule has 4 rings (SSSR count). The number of oxazole rings is 1. The third kappa shape index (κ3) is 4.46. The van der Waals surface area contributed by atoms with Gasteiger partial charge in [-0.3, -0.25) is 9.78 Å². The zero-order chi connectivity index (χ0) is 20.4. The number of nitrogens with one attached hydrogen (secondary N) is 1. The normalized spacial score (nSPS) is 11.0. The number of nitrogens with zero attached hydrogens (tertiary/aromatic N) is 2. The van der Waals surface area contributed by atoms with Gasteiger partial charge >= 0.3 is 0 Å². The number of rotatable bonds is 5. The number of hydrogen-bond donors (Lipinski definition) is 1. The van der Waals surface area contributed by atoms with Crippen LogP contribution in [0.3, 0.4) is 0 Å². The summed E-state index contributed by atoms with van der Waals surface area (Å²) in [6, 6.07) is 14.3. The lowest BCUT2D eigenvalue weighted by Gasteiger charge is -2.11. The van der Waals surface area contributed by atoms with Gasteiger partial charge in [-0.25, -0.2) is 4.98 Å². The molecule has 0 atom stereocenters. The fourth-order valence-corrected chi connectivity index (χ4v) is 3.21. The zero-order valence-corrected chi connectivity index (χ0v) is 17.4. The second kappa shape index (κ2) is 8.05. The molecule has 0 fully saturated rings. The van der Waals surface area contributed by atoms with Crippen LogP contribution in [0.1, 0.15) is 24.2 Å². The van der Waals surface area contributed by atoms with Crippen molar-refractivity contribution in [1.82, 2.24) is 9.97 Å². The lowest BCUT2D eigenvalue weighted by molar-refractivity contribution is 0.102. The Kier molecular flexibility index (Phi) is 5.31. The third-order valence-electron chi connectivity index (χ3n) is 4.07. The minimum Gasteiger partial charge on any atom is -0.491 e. The quantitative estimate of drug-likeness (QED) is 0.421. The highest BCUT2D eigenvalue weighted by Gasteiger charge is 2.12. The van der Waals surface area contributed by atoms with Crippen LogP contribution >= 0.6 is 15.9 Å². The number of fused-ring (bicyclic) bond motifs is 1. The van der Waals surface area contributed by atoms with Crippen molar-refractivity contribution in [3.8, 4) is 17.2 Å². The lowest BCUT2D eigenvalue weighted by atomic mass is 10.2. The van der Waals surface area contributed by atoms with Gasteiger partial charge in [0, 0.05) is 28.1 Å². The molecule has 0 aliphatic rings. The van der Waals surface area contributed by atoms with Crippen LogP contribution in [0.4, 0.5) is 5.69 Å². The summed E-state index contributed by atoms with van der Waals surface area (Å²) in [7, 11) is 0. The van der Waals surface area contributed by atoms with Crippen LogP contribution in [-0.2, 0) is 0 Å². The number of benzene rings is 2. The van der Waals surface area contributed by atoms with E-state index in [1.54, 1.807) is 48.8 Å². The van der Waals surface area contributed by atoms with Gasteiger partial charge in [0.25, 0.3) is 5.91 Å². The van der Waals surface area contributed by atoms with E-state index in [1.807, 2.05) is 26.0 Å². The largest absolute Gasteiger partial charge is 0.491 e. The van der Waals surface area contributed by atoms with E-state index in [1.165, 1.54) is 0 Å². The Morgan fingerprint density at radius 3 is 2.79 bits per heavy atom. The maximum absolute atomic E-state index is 12.6. The molecule has 1 N–H and O–H groups in total. The maximum atomic E-state index is 12.6. The number of hydrogen-bond acceptors (Lipinski definition) is 5. The van der Waals surface area contributed by atoms with E-state index in [2.05, 4.69) is 31.2 Å². The highest BCUT2D eigenvalue weighted by atomic mass is 79.9. The fourth-order valence-electron chi connectivity index (χ4n) is 2.84. The number of carbonyl (C=O) groups excluding carboxylic acids is 1. The molecule has 6 nitrogen and oxygen atoms in total. The molecule has 2 aromatic carbocycles. The predicted molar refractivity (Wildman–Crippen MR) is 115 cm³/mol. The number of amides is 1. The first-order chi connectivity index (χ1) is 14.0. The van der Waals surface area contributed by atoms with Crippen molar-refractivity contribution in [2.75, 3.05) is 5.32 Å². The van der Waals surface area contributed by atoms with Gasteiger partial charge in [-0.2, -0.15) is 0 Å². The highest BCUT2D eigenvalue weighted by molar-refractivity contribution is 9.10. The molecule has 4 aromatic rings. The lowest BCUT2D eigenvalue weighted by Crippen LogP contribution is -2.12. The Morgan fingerprint density at radius 2 is 2.00 bits per heavy atom. The molecule has 0 bridgehead atoms. The molecule has 0 unspecified atom stereocenters. The number of anilines is 1. The Hall–Kier alpha value is -3.19. The summed E-state index contributed by atoms with van der Waals surface area (Å²) in [5.74, 6) is 0.904. The second-order valence-corrected chi connectivity index (χ2v) is 7.66. The molecule has 7 heteroatoms. The molecule has 0 aliphatic heterocycles. The van der Waals surface area contributed by atoms with Gasteiger partial charge in [-0.05, 0) is 72.2 Å². The van der Waals surface area contributed by atoms with Crippen molar-refractivity contribution in [3.63, 3.8) is 0 Å². The van der Waals surface area contributed by atoms with E-state index in [0.717, 1.165) is 10.0 Å². The van der Waals surface area contributed by atoms with Crippen molar-refractivity contribution < 1.29 is 13.9 Å². The molecule has 146 valence electrons. The zero-order valence-electron chi connectivity index (χ0n) is 15.8. The van der Waals surface area contributed by atoms with E-state index in [4.69, 9.17) is 9.15 Å². The fraction of sp³-hybridized carbons (Fsp3) is 0.136. The average molecular weight is 452 g/mol. The molecule has 0 saturated heterocycles. The minimum absolute atomic E-state index is 0.0394. The smallest absolute Gasteiger partial charge is 0.255 e. The minimum atomic E-state index is -0.224. The number of aromatic nitrogens is 2. The number of halogens is 1. The van der Waals surface area contributed by atoms with E-state index >= 15 is 0 Å². The van der Waals surface area contributed by atoms with Crippen LogP contribution in [0, 0.1) is 0 Å². The first-order valence-electron chi connectivity index (χ1n) is 9.07. The summed E-state index contributed by atoms with van der Waals surface area (Å²) < 4.78 is 12.3. The summed E-state index contributed by atoms with van der Waals surface area (Å²) >= 11 is 3.39. The van der Waals surface area contributed by atoms with Crippen molar-refractivity contribution in [2.24, 2.45) is 0 Å². The van der Waals surface area contributed by atoms with Crippen LogP contribution in [0.15, 0.2) is 69.8 Å². The molecule has 0 saturated carbocycles. The summed E-state index contributed by atoms with van der Waals surface area (Å²) in [6.07, 6.45) is 3.42. The topological polar surface area (TPSA) is 77.2 Å². The summed E-state index contributed by atoms with van der Waals surface area (Å²) in [5.41, 5.74) is 3.19. The molecule has 2 heterocycles. The number of carbonyl (C=O) groups is 1. The van der Waals surface area contributed by atoms with Crippen LogP contribution in [0.2, 0.25) is 0 Å². The maximum Gasteiger partial charge on any atom is 0.255 e. The highest BCUT2D eigenvalue weighted by Crippen LogP contribution is 2.27. The first-order valence-corrected chi connectivity index (χ1v) is 9.87. The van der Waals surface area contributed by atoms with Gasteiger partial charge < -0.3 is 14.5 Å². The van der Waals surface area contributed by atoms with Crippen LogP contribution < -0.4 is 10.1 Å². The summed E-state index contributed by atoms with van der Waals surface area (Å²) in [4.78, 5) is 21.3. The standard InChI is InChI=1S/C22H18BrN3O3/c1-13(2)28-18-5-3-4-14(9-18)21(27)25-17-6-7-20-19(10-17)26-22(29-20)15-8-16(23)12-24-11-15/h3-13H,1-2H3,(H,25,27). The predicted octanol–water partition coefficient (Wildman–Crippen LogP) is 5.69. The molecule has 2 aromatic heterocycles. The van der Waals surface area contributed by atoms with Gasteiger partial charge in [-0.15, -0.1) is 0 Å². The molecular weight excluding hydrogens is 434 g/mol. The van der Waals surface area contributed by atoms with Gasteiger partial charge in [0.05, 0.1) is 11.7 Å². The Balaban J connectivity index is 1.56. The number of pyridine rings is 1. The Bertz CT molecular complexity index is 1190.